The van der Waals surface area contributed by atoms with E-state index in [0.29, 0.717) is 6.04 Å². The molecule has 4 heteroatoms. The van der Waals surface area contributed by atoms with Crippen molar-refractivity contribution >= 4 is 17.7 Å². The third-order valence-corrected chi connectivity index (χ3v) is 2.53. The molecule has 0 aromatic rings. The lowest BCUT2D eigenvalue weighted by Crippen LogP contribution is -2.30. The third kappa shape index (κ3) is 8.38. The van der Waals surface area contributed by atoms with E-state index in [1.165, 1.54) is 0 Å². The summed E-state index contributed by atoms with van der Waals surface area (Å²) in [5, 5.41) is 6.19. The molecule has 0 bridgehead atoms. The predicted octanol–water partition coefficient (Wildman–Crippen LogP) is 1.45. The zero-order valence-electron chi connectivity index (χ0n) is 9.59. The van der Waals surface area contributed by atoms with Gasteiger partial charge in [0.25, 0.3) is 0 Å². The molecule has 0 saturated heterocycles. The van der Waals surface area contributed by atoms with Gasteiger partial charge in [0.15, 0.2) is 0 Å². The Balaban J connectivity index is 3.18. The van der Waals surface area contributed by atoms with Gasteiger partial charge in [-0.1, -0.05) is 27.7 Å². The normalized spacial score (nSPS) is 11.0. The first-order chi connectivity index (χ1) is 6.54. The van der Waals surface area contributed by atoms with Gasteiger partial charge in [0.1, 0.15) is 0 Å². The van der Waals surface area contributed by atoms with Gasteiger partial charge < -0.3 is 10.6 Å². The van der Waals surface area contributed by atoms with Crippen LogP contribution in [-0.2, 0) is 4.79 Å². The summed E-state index contributed by atoms with van der Waals surface area (Å²) in [6.45, 7) is 8.83. The van der Waals surface area contributed by atoms with Gasteiger partial charge in [0, 0.05) is 30.1 Å². The number of hydrogen-bond donors (Lipinski definition) is 2. The molecule has 84 valence electrons. The first-order valence-corrected chi connectivity index (χ1v) is 6.28. The van der Waals surface area contributed by atoms with E-state index >= 15 is 0 Å². The van der Waals surface area contributed by atoms with Gasteiger partial charge in [0.05, 0.1) is 0 Å². The minimum atomic E-state index is 0.0915. The van der Waals surface area contributed by atoms with Crippen LogP contribution in [0.25, 0.3) is 0 Å². The van der Waals surface area contributed by atoms with Crippen LogP contribution in [0.3, 0.4) is 0 Å². The van der Waals surface area contributed by atoms with E-state index in [1.807, 2.05) is 25.6 Å². The smallest absolute Gasteiger partial charge is 0.222 e. The van der Waals surface area contributed by atoms with Gasteiger partial charge >= 0.3 is 0 Å². The zero-order chi connectivity index (χ0) is 11.0. The van der Waals surface area contributed by atoms with E-state index in [4.69, 9.17) is 0 Å². The number of amides is 1. The van der Waals surface area contributed by atoms with Crippen LogP contribution in [0.4, 0.5) is 0 Å². The SMILES string of the molecule is CC(C)NCSCCNC(=O)C(C)C. The van der Waals surface area contributed by atoms with Crippen molar-refractivity contribution in [3.8, 4) is 0 Å². The molecule has 0 fully saturated rings. The third-order valence-electron chi connectivity index (χ3n) is 1.66. The maximum atomic E-state index is 11.1. The molecular weight excluding hydrogens is 196 g/mol. The molecule has 0 aliphatic rings. The van der Waals surface area contributed by atoms with E-state index in [-0.39, 0.29) is 11.8 Å². The van der Waals surface area contributed by atoms with Crippen molar-refractivity contribution in [2.75, 3.05) is 18.2 Å². The molecule has 2 N–H and O–H groups in total. The second-order valence-corrected chi connectivity index (χ2v) is 4.96. The topological polar surface area (TPSA) is 41.1 Å². The average molecular weight is 218 g/mol. The molecule has 0 heterocycles. The minimum absolute atomic E-state index is 0.0915. The minimum Gasteiger partial charge on any atom is -0.355 e. The molecular formula is C10H22N2OS. The van der Waals surface area contributed by atoms with E-state index in [0.717, 1.165) is 18.2 Å². The number of carbonyl (C=O) groups is 1. The van der Waals surface area contributed by atoms with E-state index in [2.05, 4.69) is 24.5 Å². The summed E-state index contributed by atoms with van der Waals surface area (Å²) in [6.07, 6.45) is 0. The quantitative estimate of drug-likeness (QED) is 0.502. The number of thioether (sulfide) groups is 1. The molecule has 0 spiro atoms. The highest BCUT2D eigenvalue weighted by Crippen LogP contribution is 1.96. The summed E-state index contributed by atoms with van der Waals surface area (Å²) in [4.78, 5) is 11.1. The van der Waals surface area contributed by atoms with Crippen molar-refractivity contribution in [3.63, 3.8) is 0 Å². The molecule has 0 aromatic carbocycles. The lowest BCUT2D eigenvalue weighted by atomic mass is 10.2. The summed E-state index contributed by atoms with van der Waals surface area (Å²) in [5.41, 5.74) is 0. The molecule has 3 nitrogen and oxygen atoms in total. The lowest BCUT2D eigenvalue weighted by molar-refractivity contribution is -0.123. The first-order valence-electron chi connectivity index (χ1n) is 5.13. The number of nitrogens with one attached hydrogen (secondary N) is 2. The van der Waals surface area contributed by atoms with Crippen LogP contribution in [0.15, 0.2) is 0 Å². The van der Waals surface area contributed by atoms with E-state index < -0.39 is 0 Å². The fourth-order valence-corrected chi connectivity index (χ4v) is 1.59. The average Bonchev–Trinajstić information content (AvgIpc) is 2.09. The van der Waals surface area contributed by atoms with Crippen molar-refractivity contribution in [2.45, 2.75) is 33.7 Å². The Hall–Kier alpha value is -0.220. The van der Waals surface area contributed by atoms with Crippen molar-refractivity contribution in [1.82, 2.24) is 10.6 Å². The van der Waals surface area contributed by atoms with E-state index in [9.17, 15) is 4.79 Å². The number of hydrogen-bond acceptors (Lipinski definition) is 3. The number of carbonyl (C=O) groups excluding carboxylic acids is 1. The second-order valence-electron chi connectivity index (χ2n) is 3.86. The highest BCUT2D eigenvalue weighted by Gasteiger charge is 2.04. The molecule has 0 radical (unpaired) electrons. The number of rotatable bonds is 7. The van der Waals surface area contributed by atoms with Crippen LogP contribution in [0, 0.1) is 5.92 Å². The van der Waals surface area contributed by atoms with Crippen LogP contribution < -0.4 is 10.6 Å². The maximum Gasteiger partial charge on any atom is 0.222 e. The van der Waals surface area contributed by atoms with Crippen LogP contribution >= 0.6 is 11.8 Å². The Labute approximate surface area is 91.4 Å². The van der Waals surface area contributed by atoms with E-state index in [1.54, 1.807) is 0 Å². The molecule has 1 amide bonds. The lowest BCUT2D eigenvalue weighted by Gasteiger charge is -2.09. The van der Waals surface area contributed by atoms with Crippen LogP contribution in [0.5, 0.6) is 0 Å². The standard InChI is InChI=1S/C10H22N2OS/c1-8(2)10(13)11-5-6-14-7-12-9(3)4/h8-9,12H,5-7H2,1-4H3,(H,11,13). The highest BCUT2D eigenvalue weighted by atomic mass is 32.2. The fourth-order valence-electron chi connectivity index (χ4n) is 0.748. The predicted molar refractivity (Wildman–Crippen MR) is 63.4 cm³/mol. The fraction of sp³-hybridized carbons (Fsp3) is 0.900. The molecule has 0 aromatic heterocycles. The molecule has 0 atom stereocenters. The molecule has 0 aliphatic carbocycles. The molecule has 0 aliphatic heterocycles. The second kappa shape index (κ2) is 8.12. The van der Waals surface area contributed by atoms with Gasteiger partial charge in [0.2, 0.25) is 5.91 Å². The monoisotopic (exact) mass is 218 g/mol. The molecule has 0 saturated carbocycles. The largest absolute Gasteiger partial charge is 0.355 e. The first kappa shape index (κ1) is 13.8. The maximum absolute atomic E-state index is 11.1. The summed E-state index contributed by atoms with van der Waals surface area (Å²) < 4.78 is 0. The van der Waals surface area contributed by atoms with Crippen molar-refractivity contribution in [2.24, 2.45) is 5.92 Å². The Morgan fingerprint density at radius 3 is 2.43 bits per heavy atom. The summed E-state index contributed by atoms with van der Waals surface area (Å²) in [6, 6.07) is 0.535. The Kier molecular flexibility index (Phi) is 7.99. The van der Waals surface area contributed by atoms with Crippen LogP contribution in [0.1, 0.15) is 27.7 Å². The van der Waals surface area contributed by atoms with Gasteiger partial charge in [-0.25, -0.2) is 0 Å². The van der Waals surface area contributed by atoms with Gasteiger partial charge in [-0.3, -0.25) is 4.79 Å². The summed E-state index contributed by atoms with van der Waals surface area (Å²) >= 11 is 1.81. The summed E-state index contributed by atoms with van der Waals surface area (Å²) in [7, 11) is 0. The Morgan fingerprint density at radius 1 is 1.29 bits per heavy atom. The van der Waals surface area contributed by atoms with Gasteiger partial charge in [-0.05, 0) is 0 Å². The van der Waals surface area contributed by atoms with Crippen molar-refractivity contribution in [3.05, 3.63) is 0 Å². The van der Waals surface area contributed by atoms with Gasteiger partial charge in [-0.2, -0.15) is 0 Å². The van der Waals surface area contributed by atoms with Gasteiger partial charge in [-0.15, -0.1) is 11.8 Å². The van der Waals surface area contributed by atoms with Crippen molar-refractivity contribution < 1.29 is 4.79 Å². The summed E-state index contributed by atoms with van der Waals surface area (Å²) in [5.74, 6) is 2.16. The molecule has 0 unspecified atom stereocenters. The van der Waals surface area contributed by atoms with Crippen LogP contribution in [0.2, 0.25) is 0 Å². The molecule has 14 heavy (non-hydrogen) atoms. The zero-order valence-corrected chi connectivity index (χ0v) is 10.4. The molecule has 0 rings (SSSR count). The Morgan fingerprint density at radius 2 is 1.93 bits per heavy atom. The van der Waals surface area contributed by atoms with Crippen molar-refractivity contribution in [1.29, 1.82) is 0 Å². The van der Waals surface area contributed by atoms with Crippen LogP contribution in [-0.4, -0.2) is 30.1 Å². The Bertz CT molecular complexity index is 160. The highest BCUT2D eigenvalue weighted by molar-refractivity contribution is 7.99.